The lowest BCUT2D eigenvalue weighted by Gasteiger charge is -2.33. The SMILES string of the molecule is CC(N)C1CCCN(S(=O)(=O)c2ccc(CS(C)(=O)=O)cc2)C1.Cl. The Morgan fingerprint density at radius 1 is 1.21 bits per heavy atom. The molecule has 1 aliphatic rings. The molecule has 0 aromatic heterocycles. The predicted molar refractivity (Wildman–Crippen MR) is 97.4 cm³/mol. The first-order valence-electron chi connectivity index (χ1n) is 7.62. The molecule has 2 rings (SSSR count). The second kappa shape index (κ2) is 8.14. The van der Waals surface area contributed by atoms with Crippen LogP contribution in [0.1, 0.15) is 25.3 Å². The molecule has 1 aliphatic heterocycles. The van der Waals surface area contributed by atoms with Gasteiger partial charge in [-0.05, 0) is 43.4 Å². The van der Waals surface area contributed by atoms with Crippen LogP contribution in [0.5, 0.6) is 0 Å². The molecule has 0 bridgehead atoms. The van der Waals surface area contributed by atoms with Crippen LogP contribution in [0.2, 0.25) is 0 Å². The van der Waals surface area contributed by atoms with Gasteiger partial charge in [0.25, 0.3) is 0 Å². The molecule has 0 amide bonds. The van der Waals surface area contributed by atoms with Gasteiger partial charge in [0, 0.05) is 25.4 Å². The topological polar surface area (TPSA) is 97.5 Å². The number of sulfone groups is 1. The van der Waals surface area contributed by atoms with E-state index in [0.29, 0.717) is 18.7 Å². The third-order valence-corrected chi connectivity index (χ3v) is 6.89. The molecule has 0 aliphatic carbocycles. The van der Waals surface area contributed by atoms with Crippen molar-refractivity contribution in [1.82, 2.24) is 4.31 Å². The standard InChI is InChI=1S/C15H24N2O4S2.ClH/c1-12(16)14-4-3-9-17(10-14)23(20,21)15-7-5-13(6-8-15)11-22(2,18)19;/h5-8,12,14H,3-4,9-11,16H2,1-2H3;1H. The highest BCUT2D eigenvalue weighted by Gasteiger charge is 2.31. The van der Waals surface area contributed by atoms with Gasteiger partial charge < -0.3 is 5.73 Å². The van der Waals surface area contributed by atoms with E-state index in [1.54, 1.807) is 12.1 Å². The molecule has 138 valence electrons. The smallest absolute Gasteiger partial charge is 0.243 e. The average molecular weight is 397 g/mol. The fourth-order valence-electron chi connectivity index (χ4n) is 2.83. The minimum Gasteiger partial charge on any atom is -0.328 e. The quantitative estimate of drug-likeness (QED) is 0.811. The zero-order valence-electron chi connectivity index (χ0n) is 13.9. The maximum absolute atomic E-state index is 12.7. The van der Waals surface area contributed by atoms with Gasteiger partial charge in [-0.3, -0.25) is 0 Å². The maximum Gasteiger partial charge on any atom is 0.243 e. The van der Waals surface area contributed by atoms with E-state index in [1.165, 1.54) is 16.4 Å². The monoisotopic (exact) mass is 396 g/mol. The summed E-state index contributed by atoms with van der Waals surface area (Å²) in [5.41, 5.74) is 6.49. The van der Waals surface area contributed by atoms with Crippen LogP contribution in [0.4, 0.5) is 0 Å². The number of nitrogens with zero attached hydrogens (tertiary/aromatic N) is 1. The molecule has 0 spiro atoms. The van der Waals surface area contributed by atoms with Crippen LogP contribution in [-0.2, 0) is 25.6 Å². The number of hydrogen-bond donors (Lipinski definition) is 1. The Morgan fingerprint density at radius 3 is 2.29 bits per heavy atom. The fourth-order valence-corrected chi connectivity index (χ4v) is 5.16. The minimum absolute atomic E-state index is 0. The first-order chi connectivity index (χ1) is 10.6. The number of piperidine rings is 1. The van der Waals surface area contributed by atoms with Crippen LogP contribution in [0, 0.1) is 5.92 Å². The average Bonchev–Trinajstić information content (AvgIpc) is 2.46. The van der Waals surface area contributed by atoms with Crippen LogP contribution in [0.3, 0.4) is 0 Å². The lowest BCUT2D eigenvalue weighted by molar-refractivity contribution is 0.243. The summed E-state index contributed by atoms with van der Waals surface area (Å²) >= 11 is 0. The van der Waals surface area contributed by atoms with Gasteiger partial charge in [0.2, 0.25) is 10.0 Å². The molecule has 1 heterocycles. The van der Waals surface area contributed by atoms with Crippen LogP contribution in [0.25, 0.3) is 0 Å². The van der Waals surface area contributed by atoms with E-state index in [4.69, 9.17) is 5.73 Å². The van der Waals surface area contributed by atoms with Gasteiger partial charge in [0.1, 0.15) is 0 Å². The normalized spacial score (nSPS) is 21.0. The summed E-state index contributed by atoms with van der Waals surface area (Å²) in [4.78, 5) is 0.195. The second-order valence-corrected chi connectivity index (χ2v) is 10.4. The van der Waals surface area contributed by atoms with E-state index in [1.807, 2.05) is 6.92 Å². The lowest BCUT2D eigenvalue weighted by Crippen LogP contribution is -2.44. The summed E-state index contributed by atoms with van der Waals surface area (Å²) in [6.45, 7) is 2.84. The molecule has 0 saturated carbocycles. The zero-order chi connectivity index (χ0) is 17.3. The predicted octanol–water partition coefficient (Wildman–Crippen LogP) is 1.40. The van der Waals surface area contributed by atoms with Gasteiger partial charge in [-0.2, -0.15) is 4.31 Å². The van der Waals surface area contributed by atoms with Crippen molar-refractivity contribution in [2.75, 3.05) is 19.3 Å². The Labute approximate surface area is 150 Å². The highest BCUT2D eigenvalue weighted by molar-refractivity contribution is 7.90. The third-order valence-electron chi connectivity index (χ3n) is 4.15. The fraction of sp³-hybridized carbons (Fsp3) is 0.600. The number of halogens is 1. The van der Waals surface area contributed by atoms with Crippen LogP contribution in [-0.4, -0.2) is 46.5 Å². The summed E-state index contributed by atoms with van der Waals surface area (Å²) in [6, 6.07) is 6.03. The third kappa shape index (κ3) is 5.42. The van der Waals surface area contributed by atoms with Gasteiger partial charge in [-0.25, -0.2) is 16.8 Å². The summed E-state index contributed by atoms with van der Waals surface area (Å²) in [5.74, 6) is 0.0760. The maximum atomic E-state index is 12.7. The van der Waals surface area contributed by atoms with E-state index in [0.717, 1.165) is 19.1 Å². The molecule has 1 aromatic rings. The van der Waals surface area contributed by atoms with E-state index < -0.39 is 19.9 Å². The van der Waals surface area contributed by atoms with Gasteiger partial charge in [0.05, 0.1) is 10.6 Å². The van der Waals surface area contributed by atoms with Crippen molar-refractivity contribution < 1.29 is 16.8 Å². The van der Waals surface area contributed by atoms with Crippen LogP contribution in [0.15, 0.2) is 29.2 Å². The van der Waals surface area contributed by atoms with Crippen LogP contribution < -0.4 is 5.73 Å². The lowest BCUT2D eigenvalue weighted by atomic mass is 9.93. The minimum atomic E-state index is -3.56. The summed E-state index contributed by atoms with van der Waals surface area (Å²) in [7, 11) is -6.70. The molecule has 2 atom stereocenters. The Balaban J connectivity index is 0.00000288. The van der Waals surface area contributed by atoms with E-state index in [9.17, 15) is 16.8 Å². The molecule has 6 nitrogen and oxygen atoms in total. The van der Waals surface area contributed by atoms with Gasteiger partial charge >= 0.3 is 0 Å². The summed E-state index contributed by atoms with van der Waals surface area (Å²) in [6.07, 6.45) is 2.90. The van der Waals surface area contributed by atoms with Gasteiger partial charge in [0.15, 0.2) is 9.84 Å². The Kier molecular flexibility index (Phi) is 7.25. The Hall–Kier alpha value is -0.670. The molecule has 24 heavy (non-hydrogen) atoms. The van der Waals surface area contributed by atoms with Crippen molar-refractivity contribution in [2.24, 2.45) is 11.7 Å². The van der Waals surface area contributed by atoms with Gasteiger partial charge in [-0.1, -0.05) is 12.1 Å². The van der Waals surface area contributed by atoms with E-state index in [-0.39, 0.29) is 35.0 Å². The highest BCUT2D eigenvalue weighted by atomic mass is 35.5. The molecule has 2 N–H and O–H groups in total. The molecule has 1 fully saturated rings. The first kappa shape index (κ1) is 21.4. The number of sulfonamides is 1. The van der Waals surface area contributed by atoms with E-state index in [2.05, 4.69) is 0 Å². The number of hydrogen-bond acceptors (Lipinski definition) is 5. The van der Waals surface area contributed by atoms with Crippen molar-refractivity contribution in [3.63, 3.8) is 0 Å². The molecule has 2 unspecified atom stereocenters. The molecule has 9 heteroatoms. The van der Waals surface area contributed by atoms with Crippen molar-refractivity contribution in [1.29, 1.82) is 0 Å². The van der Waals surface area contributed by atoms with E-state index >= 15 is 0 Å². The number of benzene rings is 1. The second-order valence-electron chi connectivity index (χ2n) is 6.34. The van der Waals surface area contributed by atoms with Crippen molar-refractivity contribution in [2.45, 2.75) is 36.5 Å². The number of nitrogens with two attached hydrogens (primary N) is 1. The number of rotatable bonds is 5. The first-order valence-corrected chi connectivity index (χ1v) is 11.1. The van der Waals surface area contributed by atoms with Crippen LogP contribution >= 0.6 is 12.4 Å². The van der Waals surface area contributed by atoms with Gasteiger partial charge in [-0.15, -0.1) is 12.4 Å². The van der Waals surface area contributed by atoms with Crippen molar-refractivity contribution in [3.05, 3.63) is 29.8 Å². The zero-order valence-corrected chi connectivity index (χ0v) is 16.3. The Bertz CT molecular complexity index is 746. The molecule has 1 saturated heterocycles. The molecular weight excluding hydrogens is 372 g/mol. The highest BCUT2D eigenvalue weighted by Crippen LogP contribution is 2.25. The Morgan fingerprint density at radius 2 is 1.79 bits per heavy atom. The molecule has 1 aromatic carbocycles. The molecule has 0 radical (unpaired) electrons. The van der Waals surface area contributed by atoms with Crippen molar-refractivity contribution in [3.8, 4) is 0 Å². The largest absolute Gasteiger partial charge is 0.328 e. The summed E-state index contributed by atoms with van der Waals surface area (Å²) < 4.78 is 49.5. The molecular formula is C15H25ClN2O4S2. The van der Waals surface area contributed by atoms with Crippen molar-refractivity contribution >= 4 is 32.3 Å². The summed E-state index contributed by atoms with van der Waals surface area (Å²) in [5, 5.41) is 0.